The predicted octanol–water partition coefficient (Wildman–Crippen LogP) is 2.65. The second kappa shape index (κ2) is 11.5. The maximum atomic E-state index is 13.0. The quantitative estimate of drug-likeness (QED) is 0.536. The van der Waals surface area contributed by atoms with E-state index in [1.165, 1.54) is 49.2 Å². The Bertz CT molecular complexity index is 962. The monoisotopic (exact) mass is 466 g/mol. The van der Waals surface area contributed by atoms with Crippen LogP contribution in [0.25, 0.3) is 0 Å². The van der Waals surface area contributed by atoms with Gasteiger partial charge in [-0.2, -0.15) is 4.31 Å². The van der Waals surface area contributed by atoms with Crippen LogP contribution in [-0.2, 0) is 19.5 Å². The van der Waals surface area contributed by atoms with Crippen LogP contribution in [-0.4, -0.2) is 69.4 Å². The normalized spacial score (nSPS) is 15.2. The van der Waals surface area contributed by atoms with Crippen LogP contribution in [0.3, 0.4) is 0 Å². The molecule has 1 N–H and O–H groups in total. The first-order chi connectivity index (χ1) is 15.5. The fourth-order valence-electron chi connectivity index (χ4n) is 3.63. The zero-order valence-corrected chi connectivity index (χ0v) is 19.3. The highest BCUT2D eigenvalue weighted by Crippen LogP contribution is 2.32. The number of benzene rings is 1. The molecule has 1 amide bonds. The molecule has 2 aromatic rings. The summed E-state index contributed by atoms with van der Waals surface area (Å²) in [7, 11) is -0.735. The zero-order chi connectivity index (χ0) is 23.0. The number of amides is 1. The van der Waals surface area contributed by atoms with Crippen LogP contribution in [0.1, 0.15) is 54.3 Å². The van der Waals surface area contributed by atoms with E-state index in [2.05, 4.69) is 15.5 Å². The summed E-state index contributed by atoms with van der Waals surface area (Å²) in [5.74, 6) is 0.336. The fraction of sp³-hybridized carbons (Fsp3) is 0.571. The number of aromatic nitrogens is 2. The van der Waals surface area contributed by atoms with E-state index in [1.807, 2.05) is 0 Å². The Balaban J connectivity index is 1.66. The molecule has 1 fully saturated rings. The minimum Gasteiger partial charge on any atom is -0.408 e. The maximum absolute atomic E-state index is 13.0. The number of ether oxygens (including phenoxy) is 2. The van der Waals surface area contributed by atoms with Crippen LogP contribution >= 0.6 is 0 Å². The Morgan fingerprint density at radius 2 is 1.69 bits per heavy atom. The largest absolute Gasteiger partial charge is 0.408 e. The molecule has 10 nitrogen and oxygen atoms in total. The molecule has 11 heteroatoms. The van der Waals surface area contributed by atoms with E-state index >= 15 is 0 Å². The minimum absolute atomic E-state index is 0.0394. The molecule has 0 unspecified atom stereocenters. The van der Waals surface area contributed by atoms with Gasteiger partial charge in [0.25, 0.3) is 5.91 Å². The van der Waals surface area contributed by atoms with E-state index in [4.69, 9.17) is 13.9 Å². The molecule has 32 heavy (non-hydrogen) atoms. The van der Waals surface area contributed by atoms with Crippen molar-refractivity contribution in [3.63, 3.8) is 0 Å². The topological polar surface area (TPSA) is 124 Å². The van der Waals surface area contributed by atoms with E-state index in [-0.39, 0.29) is 48.7 Å². The summed E-state index contributed by atoms with van der Waals surface area (Å²) >= 11 is 0. The number of nitrogens with zero attached hydrogens (tertiary/aromatic N) is 3. The van der Waals surface area contributed by atoms with Crippen LogP contribution < -0.4 is 5.32 Å². The third-order valence-corrected chi connectivity index (χ3v) is 7.37. The first kappa shape index (κ1) is 24.3. The summed E-state index contributed by atoms with van der Waals surface area (Å²) in [5, 5.41) is 10.6. The number of methoxy groups -OCH3 is 2. The summed E-state index contributed by atoms with van der Waals surface area (Å²) in [6.07, 6.45) is 5.52. The second-order valence-corrected chi connectivity index (χ2v) is 9.59. The summed E-state index contributed by atoms with van der Waals surface area (Å²) in [4.78, 5) is 12.6. The van der Waals surface area contributed by atoms with E-state index in [0.29, 0.717) is 5.89 Å². The molecule has 0 radical (unpaired) electrons. The molecule has 3 rings (SSSR count). The number of rotatable bonds is 11. The second-order valence-electron chi connectivity index (χ2n) is 7.65. The number of anilines is 1. The van der Waals surface area contributed by atoms with Crippen molar-refractivity contribution in [3.8, 4) is 0 Å². The third-order valence-electron chi connectivity index (χ3n) is 5.46. The van der Waals surface area contributed by atoms with E-state index in [1.54, 1.807) is 0 Å². The van der Waals surface area contributed by atoms with Crippen molar-refractivity contribution in [1.29, 1.82) is 0 Å². The van der Waals surface area contributed by atoms with Crippen LogP contribution in [0.4, 0.5) is 6.01 Å². The van der Waals surface area contributed by atoms with Gasteiger partial charge in [0.2, 0.25) is 15.9 Å². The van der Waals surface area contributed by atoms with Gasteiger partial charge in [0.1, 0.15) is 0 Å². The molecule has 0 aliphatic heterocycles. The molecular formula is C21H30N4O6S. The first-order valence-electron chi connectivity index (χ1n) is 10.7. The van der Waals surface area contributed by atoms with E-state index in [0.717, 1.165) is 25.7 Å². The average Bonchev–Trinajstić information content (AvgIpc) is 3.28. The predicted molar refractivity (Wildman–Crippen MR) is 117 cm³/mol. The van der Waals surface area contributed by atoms with Crippen molar-refractivity contribution < 1.29 is 27.1 Å². The highest BCUT2D eigenvalue weighted by Gasteiger charge is 2.25. The van der Waals surface area contributed by atoms with Gasteiger partial charge in [-0.05, 0) is 37.1 Å². The van der Waals surface area contributed by atoms with Crippen molar-refractivity contribution in [2.45, 2.75) is 42.9 Å². The minimum atomic E-state index is -3.76. The maximum Gasteiger partial charge on any atom is 0.322 e. The number of nitrogens with one attached hydrogen (secondary N) is 1. The molecule has 1 heterocycles. The molecule has 0 saturated heterocycles. The van der Waals surface area contributed by atoms with Crippen molar-refractivity contribution >= 4 is 21.9 Å². The highest BCUT2D eigenvalue weighted by atomic mass is 32.2. The first-order valence-corrected chi connectivity index (χ1v) is 12.1. The van der Waals surface area contributed by atoms with Crippen molar-refractivity contribution in [2.24, 2.45) is 0 Å². The molecular weight excluding hydrogens is 436 g/mol. The van der Waals surface area contributed by atoms with Gasteiger partial charge in [-0.3, -0.25) is 10.1 Å². The number of hydrogen-bond acceptors (Lipinski definition) is 8. The summed E-state index contributed by atoms with van der Waals surface area (Å²) in [6, 6.07) is 5.74. The molecule has 0 spiro atoms. The van der Waals surface area contributed by atoms with Crippen LogP contribution in [0.15, 0.2) is 33.6 Å². The lowest BCUT2D eigenvalue weighted by Crippen LogP contribution is -2.36. The molecule has 0 atom stereocenters. The van der Waals surface area contributed by atoms with Gasteiger partial charge in [-0.25, -0.2) is 8.42 Å². The van der Waals surface area contributed by atoms with Gasteiger partial charge in [-0.15, -0.1) is 5.10 Å². The third kappa shape index (κ3) is 6.12. The van der Waals surface area contributed by atoms with Crippen LogP contribution in [0.2, 0.25) is 0 Å². The van der Waals surface area contributed by atoms with Gasteiger partial charge < -0.3 is 13.9 Å². The zero-order valence-electron chi connectivity index (χ0n) is 18.5. The molecule has 1 aromatic carbocycles. The molecule has 1 aliphatic rings. The van der Waals surface area contributed by atoms with Crippen molar-refractivity contribution in [2.75, 3.05) is 45.8 Å². The highest BCUT2D eigenvalue weighted by molar-refractivity contribution is 7.89. The summed E-state index contributed by atoms with van der Waals surface area (Å²) in [5.41, 5.74) is 0.279. The smallest absolute Gasteiger partial charge is 0.322 e. The molecule has 1 saturated carbocycles. The fourth-order valence-corrected chi connectivity index (χ4v) is 5.04. The lowest BCUT2D eigenvalue weighted by molar-refractivity contribution is 0.102. The number of carbonyl (C=O) groups is 1. The lowest BCUT2D eigenvalue weighted by atomic mass is 9.89. The number of hydrogen-bond donors (Lipinski definition) is 1. The Hall–Kier alpha value is -2.34. The summed E-state index contributed by atoms with van der Waals surface area (Å²) in [6.45, 7) is 0.919. The van der Waals surface area contributed by atoms with Gasteiger partial charge in [-0.1, -0.05) is 24.4 Å². The van der Waals surface area contributed by atoms with Crippen LogP contribution in [0, 0.1) is 0 Å². The lowest BCUT2D eigenvalue weighted by Gasteiger charge is -2.21. The molecule has 1 aliphatic carbocycles. The average molecular weight is 467 g/mol. The van der Waals surface area contributed by atoms with E-state index in [9.17, 15) is 13.2 Å². The Labute approximate surface area is 188 Å². The van der Waals surface area contributed by atoms with Gasteiger partial charge in [0, 0.05) is 38.8 Å². The van der Waals surface area contributed by atoms with Gasteiger partial charge >= 0.3 is 6.01 Å². The molecule has 1 aromatic heterocycles. The standard InChI is InChI=1S/C21H30N4O6S/c1-29-14-12-25(13-15-30-2)32(27,28)18-10-8-16(9-11-18)19(26)22-21-24-23-20(31-21)17-6-4-3-5-7-17/h8-11,17H,3-7,12-15H2,1-2H3,(H,22,24,26). The molecule has 0 bridgehead atoms. The van der Waals surface area contributed by atoms with E-state index < -0.39 is 15.9 Å². The number of sulfonamides is 1. The van der Waals surface area contributed by atoms with Crippen molar-refractivity contribution in [3.05, 3.63) is 35.7 Å². The Morgan fingerprint density at radius 3 is 2.28 bits per heavy atom. The van der Waals surface area contributed by atoms with Gasteiger partial charge in [0.05, 0.1) is 18.1 Å². The Morgan fingerprint density at radius 1 is 1.06 bits per heavy atom. The van der Waals surface area contributed by atoms with Gasteiger partial charge in [0.15, 0.2) is 0 Å². The van der Waals surface area contributed by atoms with Crippen molar-refractivity contribution in [1.82, 2.24) is 14.5 Å². The molecule has 176 valence electrons. The van der Waals surface area contributed by atoms with Crippen LogP contribution in [0.5, 0.6) is 0 Å². The summed E-state index contributed by atoms with van der Waals surface area (Å²) < 4.78 is 42.8. The number of carbonyl (C=O) groups excluding carboxylic acids is 1. The SMILES string of the molecule is COCCN(CCOC)S(=O)(=O)c1ccc(C(=O)Nc2nnc(C3CCCCC3)o2)cc1. The Kier molecular flexibility index (Phi) is 8.74.